The number of hydrogen-bond acceptors (Lipinski definition) is 3. The molecule has 20 heavy (non-hydrogen) atoms. The maximum absolute atomic E-state index is 11.4. The number of hydrogen-bond donors (Lipinski definition) is 2. The van der Waals surface area contributed by atoms with Crippen LogP contribution in [-0.4, -0.2) is 17.7 Å². The predicted octanol–water partition coefficient (Wildman–Crippen LogP) is 2.71. The number of benzene rings is 2. The zero-order valence-corrected chi connectivity index (χ0v) is 13.3. The molecule has 0 aromatic heterocycles. The molecule has 5 nitrogen and oxygen atoms in total. The number of aliphatic hydroxyl groups excluding tert-OH is 1. The molecule has 101 valence electrons. The molecule has 0 saturated carbocycles. The second-order valence-electron chi connectivity index (χ2n) is 3.21. The Balaban J connectivity index is 0.000000830. The minimum atomic E-state index is -0.509. The Morgan fingerprint density at radius 1 is 1.20 bits per heavy atom. The van der Waals surface area contributed by atoms with Gasteiger partial charge in [-0.1, -0.05) is 30.4 Å². The van der Waals surface area contributed by atoms with Gasteiger partial charge < -0.3 is 20.0 Å². The summed E-state index contributed by atoms with van der Waals surface area (Å²) in [5, 5.41) is 9.36. The summed E-state index contributed by atoms with van der Waals surface area (Å²) in [5.41, 5.74) is 0.656. The summed E-state index contributed by atoms with van der Waals surface area (Å²) >= 11 is 0. The van der Waals surface area contributed by atoms with E-state index < -0.39 is 6.09 Å². The minimum Gasteiger partial charge on any atom is -0.665 e. The van der Waals surface area contributed by atoms with E-state index in [1.807, 2.05) is 6.07 Å². The molecule has 2 aromatic rings. The summed E-state index contributed by atoms with van der Waals surface area (Å²) in [7, 11) is 0. The molecule has 1 radical (unpaired) electrons. The summed E-state index contributed by atoms with van der Waals surface area (Å²) in [6.07, 6.45) is -0.509. The Morgan fingerprint density at radius 2 is 1.85 bits per heavy atom. The maximum atomic E-state index is 11.4. The predicted molar refractivity (Wildman–Crippen MR) is 69.7 cm³/mol. The molecule has 0 aliphatic carbocycles. The summed E-state index contributed by atoms with van der Waals surface area (Å²) in [4.78, 5) is 19.7. The average molecular weight is 346 g/mol. The van der Waals surface area contributed by atoms with E-state index in [9.17, 15) is 4.79 Å². The van der Waals surface area contributed by atoms with Crippen LogP contribution in [0.2, 0.25) is 0 Å². The van der Waals surface area contributed by atoms with Gasteiger partial charge in [0.05, 0.1) is 0 Å². The second kappa shape index (κ2) is 11.1. The van der Waals surface area contributed by atoms with Crippen molar-refractivity contribution < 1.29 is 52.1 Å². The third kappa shape index (κ3) is 7.66. The summed E-state index contributed by atoms with van der Waals surface area (Å²) in [6, 6.07) is 18.8. The van der Waals surface area contributed by atoms with Gasteiger partial charge in [-0.05, 0) is 12.1 Å². The molecule has 0 saturated heterocycles. The van der Waals surface area contributed by atoms with E-state index in [0.717, 1.165) is 0 Å². The van der Waals surface area contributed by atoms with Gasteiger partial charge in [-0.2, -0.15) is 24.3 Å². The Morgan fingerprint density at radius 3 is 2.40 bits per heavy atom. The number of rotatable bonds is 2. The van der Waals surface area contributed by atoms with Crippen LogP contribution in [0.4, 0.5) is 10.5 Å². The summed E-state index contributed by atoms with van der Waals surface area (Å²) < 4.78 is 5.05. The Labute approximate surface area is 141 Å². The number of nitrogens with one attached hydrogen (secondary N) is 1. The van der Waals surface area contributed by atoms with Crippen molar-refractivity contribution in [2.75, 3.05) is 5.32 Å². The molecule has 0 spiro atoms. The van der Waals surface area contributed by atoms with Crippen LogP contribution in [0.15, 0.2) is 54.6 Å². The quantitative estimate of drug-likeness (QED) is 0.820. The van der Waals surface area contributed by atoms with Gasteiger partial charge in [-0.15, -0.1) is 6.07 Å². The van der Waals surface area contributed by atoms with Gasteiger partial charge in [-0.25, -0.2) is 4.79 Å². The van der Waals surface area contributed by atoms with Gasteiger partial charge in [0.25, 0.3) is 0 Å². The Hall–Kier alpha value is -1.72. The molecular formula is C14H11NO4Y-2. The van der Waals surface area contributed by atoms with Crippen LogP contribution in [-0.2, 0) is 37.5 Å². The van der Waals surface area contributed by atoms with Crippen molar-refractivity contribution in [2.24, 2.45) is 0 Å². The van der Waals surface area contributed by atoms with Crippen molar-refractivity contribution in [3.8, 4) is 5.75 Å². The molecule has 1 amide bonds. The van der Waals surface area contributed by atoms with Crippen molar-refractivity contribution in [1.29, 1.82) is 0 Å². The Bertz CT molecular complexity index is 462. The average Bonchev–Trinajstić information content (AvgIpc) is 2.41. The largest absolute Gasteiger partial charge is 0.665 e. The number of ether oxygens (including phenoxy) is 1. The molecule has 6 heteroatoms. The molecule has 0 atom stereocenters. The van der Waals surface area contributed by atoms with E-state index in [4.69, 9.17) is 14.6 Å². The van der Waals surface area contributed by atoms with Crippen LogP contribution in [0, 0.1) is 6.07 Å². The van der Waals surface area contributed by atoms with E-state index in [1.54, 1.807) is 48.5 Å². The first-order chi connectivity index (χ1) is 9.26. The number of carbonyl (C=O) groups excluding carboxylic acids is 1. The normalized spacial score (nSPS) is 8.20. The molecule has 2 rings (SSSR count). The Kier molecular flexibility index (Phi) is 10.2. The van der Waals surface area contributed by atoms with E-state index in [0.29, 0.717) is 17.9 Å². The number of anilines is 1. The molecule has 0 bridgehead atoms. The number of amides is 1. The molecular weight excluding hydrogens is 335 g/mol. The van der Waals surface area contributed by atoms with Gasteiger partial charge in [0, 0.05) is 32.7 Å². The third-order valence-corrected chi connectivity index (χ3v) is 1.91. The van der Waals surface area contributed by atoms with Crippen LogP contribution in [0.25, 0.3) is 0 Å². The van der Waals surface area contributed by atoms with Crippen molar-refractivity contribution in [3.63, 3.8) is 0 Å². The second-order valence-corrected chi connectivity index (χ2v) is 3.21. The zero-order valence-electron chi connectivity index (χ0n) is 10.4. The van der Waals surface area contributed by atoms with Crippen LogP contribution < -0.4 is 10.1 Å². The molecule has 0 fully saturated rings. The maximum Gasteiger partial charge on any atom is 0.405 e. The first-order valence-corrected chi connectivity index (χ1v) is 5.27. The van der Waals surface area contributed by atoms with Crippen LogP contribution in [0.5, 0.6) is 5.75 Å². The van der Waals surface area contributed by atoms with Gasteiger partial charge in [0.2, 0.25) is 0 Å². The smallest absolute Gasteiger partial charge is 0.405 e. The van der Waals surface area contributed by atoms with Crippen LogP contribution in [0.1, 0.15) is 0 Å². The fourth-order valence-electron chi connectivity index (χ4n) is 1.21. The van der Waals surface area contributed by atoms with Crippen LogP contribution in [0.3, 0.4) is 0 Å². The van der Waals surface area contributed by atoms with Gasteiger partial charge in [0.1, 0.15) is 5.75 Å². The van der Waals surface area contributed by atoms with E-state index in [2.05, 4.69) is 11.4 Å². The summed E-state index contributed by atoms with van der Waals surface area (Å²) in [5.74, 6) is 0.514. The first kappa shape index (κ1) is 18.3. The van der Waals surface area contributed by atoms with Gasteiger partial charge in [0.15, 0.2) is 0 Å². The molecule has 0 aliphatic rings. The number of para-hydroxylation sites is 1. The van der Waals surface area contributed by atoms with E-state index in [1.165, 1.54) is 0 Å². The topological polar surface area (TPSA) is 75.6 Å². The third-order valence-electron chi connectivity index (χ3n) is 1.91. The van der Waals surface area contributed by atoms with E-state index >= 15 is 0 Å². The van der Waals surface area contributed by atoms with Crippen molar-refractivity contribution in [2.45, 2.75) is 0 Å². The first-order valence-electron chi connectivity index (χ1n) is 5.27. The van der Waals surface area contributed by atoms with Gasteiger partial charge >= 0.3 is 6.09 Å². The van der Waals surface area contributed by atoms with Crippen molar-refractivity contribution in [1.82, 2.24) is 0 Å². The fraction of sp³-hybridized carbons (Fsp3) is 0. The van der Waals surface area contributed by atoms with Crippen LogP contribution >= 0.6 is 0 Å². The fourth-order valence-corrected chi connectivity index (χ4v) is 1.21. The molecule has 2 aromatic carbocycles. The van der Waals surface area contributed by atoms with Crippen molar-refractivity contribution >= 4 is 18.3 Å². The molecule has 0 unspecified atom stereocenters. The number of carbonyl (C=O) groups is 1. The SMILES string of the molecule is O=C(Nc1c[c-]ccc1)Oc1ccccc1.O=[C-]O.[Y]. The van der Waals surface area contributed by atoms with Gasteiger partial charge in [-0.3, -0.25) is 0 Å². The van der Waals surface area contributed by atoms with Crippen molar-refractivity contribution in [3.05, 3.63) is 60.7 Å². The minimum absolute atomic E-state index is 0. The zero-order chi connectivity index (χ0) is 13.9. The summed E-state index contributed by atoms with van der Waals surface area (Å²) in [6.45, 7) is 0.500. The van der Waals surface area contributed by atoms with E-state index in [-0.39, 0.29) is 32.7 Å². The standard InChI is InChI=1S/C13H10NO2.CHO2.Y/c15-13(14-11-7-3-1-4-8-11)16-12-9-5-2-6-10-12;2-1-3;/h1-3,5-10H,(H,14,15);(H,2,3);/q2*-1;. The molecule has 2 N–H and O–H groups in total. The molecule has 0 aliphatic heterocycles. The molecule has 0 heterocycles. The monoisotopic (exact) mass is 346 g/mol.